The first-order chi connectivity index (χ1) is 17.8. The molecule has 1 aromatic carbocycles. The van der Waals surface area contributed by atoms with Gasteiger partial charge in [0.1, 0.15) is 12.1 Å². The van der Waals surface area contributed by atoms with Crippen molar-refractivity contribution >= 4 is 29.1 Å². The normalized spacial score (nSPS) is 20.2. The van der Waals surface area contributed by atoms with Crippen LogP contribution in [0.2, 0.25) is 0 Å². The molecule has 2 aromatic rings. The van der Waals surface area contributed by atoms with Crippen molar-refractivity contribution in [1.29, 1.82) is 0 Å². The standard InChI is InChI=1S/C29H41N5O3S/c1-18(20-10-12-21(13-11-20)23-19(2)30-17-38-23)31-25(35)22-9-8-16-34(22)26(36)24(28(3,4)5)32-27(37)29(14-15-29)33(6)7/h10-13,17-18,22,24H,8-9,14-16H2,1-7H3,(H,31,35)(H,32,37)/t18?,22?,24-/m1/s1. The fraction of sp³-hybridized carbons (Fsp3) is 0.586. The van der Waals surface area contributed by atoms with Gasteiger partial charge >= 0.3 is 0 Å². The van der Waals surface area contributed by atoms with Crippen LogP contribution in [0, 0.1) is 12.3 Å². The Labute approximate surface area is 230 Å². The topological polar surface area (TPSA) is 94.6 Å². The van der Waals surface area contributed by atoms with Gasteiger partial charge in [0, 0.05) is 6.54 Å². The van der Waals surface area contributed by atoms with Gasteiger partial charge in [0.25, 0.3) is 0 Å². The Kier molecular flexibility index (Phi) is 8.00. The highest BCUT2D eigenvalue weighted by Crippen LogP contribution is 2.41. The molecule has 206 valence electrons. The largest absolute Gasteiger partial charge is 0.348 e. The lowest BCUT2D eigenvalue weighted by atomic mass is 9.85. The van der Waals surface area contributed by atoms with E-state index in [0.717, 1.165) is 41.0 Å². The molecule has 3 amide bonds. The van der Waals surface area contributed by atoms with Crippen LogP contribution in [0.25, 0.3) is 10.4 Å². The van der Waals surface area contributed by atoms with E-state index in [-0.39, 0.29) is 23.8 Å². The number of aromatic nitrogens is 1. The van der Waals surface area contributed by atoms with E-state index < -0.39 is 23.0 Å². The second-order valence-electron chi connectivity index (χ2n) is 12.0. The molecule has 38 heavy (non-hydrogen) atoms. The van der Waals surface area contributed by atoms with Crippen molar-refractivity contribution in [3.63, 3.8) is 0 Å². The van der Waals surface area contributed by atoms with Crippen LogP contribution >= 0.6 is 11.3 Å². The average molecular weight is 540 g/mol. The second-order valence-corrected chi connectivity index (χ2v) is 12.9. The predicted octanol–water partition coefficient (Wildman–Crippen LogP) is 3.91. The number of rotatable bonds is 8. The van der Waals surface area contributed by atoms with Crippen LogP contribution in [0.1, 0.15) is 70.7 Å². The minimum atomic E-state index is -0.707. The van der Waals surface area contributed by atoms with Crippen LogP contribution < -0.4 is 10.6 Å². The molecule has 2 N–H and O–H groups in total. The Balaban J connectivity index is 1.43. The summed E-state index contributed by atoms with van der Waals surface area (Å²) in [5.41, 5.74) is 3.93. The first-order valence-corrected chi connectivity index (χ1v) is 14.3. The van der Waals surface area contributed by atoms with E-state index in [1.807, 2.05) is 71.3 Å². The Hall–Kier alpha value is -2.78. The number of likely N-dealkylation sites (N-methyl/N-ethyl adjacent to an activating group) is 1. The fourth-order valence-electron chi connectivity index (χ4n) is 5.27. The monoisotopic (exact) mass is 539 g/mol. The molecule has 8 nitrogen and oxygen atoms in total. The van der Waals surface area contributed by atoms with Crippen molar-refractivity contribution in [2.24, 2.45) is 5.41 Å². The van der Waals surface area contributed by atoms with Gasteiger partial charge in [-0.3, -0.25) is 19.3 Å². The number of benzene rings is 1. The van der Waals surface area contributed by atoms with Crippen LogP contribution in [-0.2, 0) is 14.4 Å². The predicted molar refractivity (Wildman–Crippen MR) is 151 cm³/mol. The summed E-state index contributed by atoms with van der Waals surface area (Å²) in [6.45, 7) is 10.3. The number of likely N-dealkylation sites (tertiary alicyclic amines) is 1. The second kappa shape index (κ2) is 10.8. The van der Waals surface area contributed by atoms with Crippen molar-refractivity contribution in [2.45, 2.75) is 84.0 Å². The van der Waals surface area contributed by atoms with Crippen LogP contribution in [0.3, 0.4) is 0 Å². The lowest BCUT2D eigenvalue weighted by Crippen LogP contribution is -2.60. The van der Waals surface area contributed by atoms with E-state index >= 15 is 0 Å². The summed E-state index contributed by atoms with van der Waals surface area (Å²) < 4.78 is 0. The van der Waals surface area contributed by atoms with Crippen molar-refractivity contribution < 1.29 is 14.4 Å². The van der Waals surface area contributed by atoms with Crippen LogP contribution in [0.4, 0.5) is 0 Å². The van der Waals surface area contributed by atoms with Gasteiger partial charge in [-0.2, -0.15) is 0 Å². The molecule has 1 saturated carbocycles. The number of nitrogens with one attached hydrogen (secondary N) is 2. The fourth-order valence-corrected chi connectivity index (χ4v) is 6.09. The molecule has 2 heterocycles. The molecular formula is C29H41N5O3S. The molecule has 1 aliphatic heterocycles. The number of carbonyl (C=O) groups is 3. The number of amides is 3. The van der Waals surface area contributed by atoms with Gasteiger partial charge in [-0.15, -0.1) is 11.3 Å². The van der Waals surface area contributed by atoms with Gasteiger partial charge in [0.15, 0.2) is 0 Å². The molecule has 0 bridgehead atoms. The number of aryl methyl sites for hydroxylation is 1. The number of hydrogen-bond donors (Lipinski definition) is 2. The zero-order valence-corrected chi connectivity index (χ0v) is 24.4. The molecule has 4 rings (SSSR count). The number of nitrogens with zero attached hydrogens (tertiary/aromatic N) is 3. The summed E-state index contributed by atoms with van der Waals surface area (Å²) in [4.78, 5) is 49.4. The maximum Gasteiger partial charge on any atom is 0.246 e. The van der Waals surface area contributed by atoms with Gasteiger partial charge in [-0.25, -0.2) is 4.98 Å². The molecule has 0 radical (unpaired) electrons. The maximum absolute atomic E-state index is 13.8. The zero-order valence-electron chi connectivity index (χ0n) is 23.6. The van der Waals surface area contributed by atoms with E-state index in [9.17, 15) is 14.4 Å². The number of carbonyl (C=O) groups excluding carboxylic acids is 3. The molecular weight excluding hydrogens is 498 g/mol. The smallest absolute Gasteiger partial charge is 0.246 e. The Morgan fingerprint density at radius 2 is 1.79 bits per heavy atom. The van der Waals surface area contributed by atoms with E-state index in [2.05, 4.69) is 27.8 Å². The van der Waals surface area contributed by atoms with Crippen molar-refractivity contribution in [2.75, 3.05) is 20.6 Å². The van der Waals surface area contributed by atoms with Crippen molar-refractivity contribution in [1.82, 2.24) is 25.4 Å². The summed E-state index contributed by atoms with van der Waals surface area (Å²) in [7, 11) is 3.80. The molecule has 3 atom stereocenters. The van der Waals surface area contributed by atoms with E-state index in [4.69, 9.17) is 0 Å². The van der Waals surface area contributed by atoms with Crippen LogP contribution in [0.5, 0.6) is 0 Å². The lowest BCUT2D eigenvalue weighted by Gasteiger charge is -2.37. The Morgan fingerprint density at radius 1 is 1.13 bits per heavy atom. The number of hydrogen-bond acceptors (Lipinski definition) is 6. The zero-order chi connectivity index (χ0) is 27.8. The molecule has 1 aliphatic carbocycles. The van der Waals surface area contributed by atoms with Crippen LogP contribution in [0.15, 0.2) is 29.8 Å². The van der Waals surface area contributed by atoms with Gasteiger partial charge in [0.05, 0.1) is 27.7 Å². The Morgan fingerprint density at radius 3 is 2.32 bits per heavy atom. The van der Waals surface area contributed by atoms with Crippen molar-refractivity contribution in [3.8, 4) is 10.4 Å². The molecule has 2 fully saturated rings. The quantitative estimate of drug-likeness (QED) is 0.531. The number of thiazole rings is 1. The Bertz CT molecular complexity index is 1180. The first kappa shape index (κ1) is 28.2. The van der Waals surface area contributed by atoms with Gasteiger partial charge in [-0.05, 0) is 70.2 Å². The minimum Gasteiger partial charge on any atom is -0.348 e. The highest BCUT2D eigenvalue weighted by Gasteiger charge is 2.53. The maximum atomic E-state index is 13.8. The third-order valence-corrected chi connectivity index (χ3v) is 8.98. The highest BCUT2D eigenvalue weighted by molar-refractivity contribution is 7.13. The third-order valence-electron chi connectivity index (χ3n) is 8.01. The van der Waals surface area contributed by atoms with Gasteiger partial charge < -0.3 is 15.5 Å². The van der Waals surface area contributed by atoms with Gasteiger partial charge in [-0.1, -0.05) is 45.0 Å². The summed E-state index contributed by atoms with van der Waals surface area (Å²) in [6, 6.07) is 6.71. The lowest BCUT2D eigenvalue weighted by molar-refractivity contribution is -0.144. The van der Waals surface area contributed by atoms with E-state index in [0.29, 0.717) is 13.0 Å². The van der Waals surface area contributed by atoms with E-state index in [1.165, 1.54) is 0 Å². The summed E-state index contributed by atoms with van der Waals surface area (Å²) in [5.74, 6) is -0.451. The highest BCUT2D eigenvalue weighted by atomic mass is 32.1. The molecule has 2 aliphatic rings. The molecule has 1 aromatic heterocycles. The molecule has 2 unspecified atom stereocenters. The van der Waals surface area contributed by atoms with E-state index in [1.54, 1.807) is 16.2 Å². The third kappa shape index (κ3) is 5.64. The summed E-state index contributed by atoms with van der Waals surface area (Å²) in [5, 5.41) is 6.18. The summed E-state index contributed by atoms with van der Waals surface area (Å²) in [6.07, 6.45) is 2.94. The molecule has 0 spiro atoms. The summed E-state index contributed by atoms with van der Waals surface area (Å²) >= 11 is 1.61. The SMILES string of the molecule is Cc1ncsc1-c1ccc(C(C)NC(=O)C2CCCN2C(=O)[C@@H](NC(=O)C2(N(C)C)CC2)C(C)(C)C)cc1. The molecule has 1 saturated heterocycles. The molecule has 9 heteroatoms. The minimum absolute atomic E-state index is 0.110. The van der Waals surface area contributed by atoms with Gasteiger partial charge in [0.2, 0.25) is 17.7 Å². The average Bonchev–Trinajstić information content (AvgIpc) is 3.33. The van der Waals surface area contributed by atoms with Crippen LogP contribution in [-0.4, -0.2) is 70.8 Å². The van der Waals surface area contributed by atoms with Crippen molar-refractivity contribution in [3.05, 3.63) is 41.0 Å². The first-order valence-electron chi connectivity index (χ1n) is 13.4.